The van der Waals surface area contributed by atoms with Crippen LogP contribution in [0.4, 0.5) is 4.79 Å². The number of hydrogen-bond acceptors (Lipinski definition) is 4. The number of hydrogen-bond donors (Lipinski definition) is 2. The van der Waals surface area contributed by atoms with Gasteiger partial charge in [-0.1, -0.05) is 6.92 Å². The fraction of sp³-hybridized carbons (Fsp3) is 0.846. The van der Waals surface area contributed by atoms with Crippen molar-refractivity contribution in [1.82, 2.24) is 10.4 Å². The van der Waals surface area contributed by atoms with E-state index in [4.69, 9.17) is 9.94 Å². The van der Waals surface area contributed by atoms with Gasteiger partial charge >= 0.3 is 6.09 Å². The number of nitrogens with one attached hydrogen (secondary N) is 1. The Balaban J connectivity index is 1.82. The van der Waals surface area contributed by atoms with Crippen LogP contribution in [0.15, 0.2) is 0 Å². The Morgan fingerprint density at radius 1 is 1.26 bits per heavy atom. The Hall–Kier alpha value is -1.30. The Morgan fingerprint density at radius 2 is 1.84 bits per heavy atom. The van der Waals surface area contributed by atoms with Crippen molar-refractivity contribution in [3.63, 3.8) is 0 Å². The first-order valence-corrected chi connectivity index (χ1v) is 6.95. The van der Waals surface area contributed by atoms with Crippen molar-refractivity contribution in [1.29, 1.82) is 0 Å². The molecule has 2 aliphatic rings. The predicted molar refractivity (Wildman–Crippen MR) is 67.6 cm³/mol. The summed E-state index contributed by atoms with van der Waals surface area (Å²) in [6, 6.07) is 0. The van der Waals surface area contributed by atoms with Gasteiger partial charge in [0.15, 0.2) is 0 Å². The smallest absolute Gasteiger partial charge is 0.410 e. The fourth-order valence-corrected chi connectivity index (χ4v) is 2.77. The maximum atomic E-state index is 12.0. The molecule has 0 unspecified atom stereocenters. The van der Waals surface area contributed by atoms with Crippen molar-refractivity contribution in [3.05, 3.63) is 0 Å². The van der Waals surface area contributed by atoms with Crippen molar-refractivity contribution in [3.8, 4) is 0 Å². The number of carbonyl (C=O) groups is 2. The predicted octanol–water partition coefficient (Wildman–Crippen LogP) is 1.67. The summed E-state index contributed by atoms with van der Waals surface area (Å²) in [6.07, 6.45) is 5.08. The van der Waals surface area contributed by atoms with E-state index in [-0.39, 0.29) is 18.1 Å². The summed E-state index contributed by atoms with van der Waals surface area (Å²) in [5, 5.41) is 8.71. The Bertz CT molecular complexity index is 345. The van der Waals surface area contributed by atoms with Gasteiger partial charge < -0.3 is 9.64 Å². The number of amides is 2. The summed E-state index contributed by atoms with van der Waals surface area (Å²) in [7, 11) is 0. The van der Waals surface area contributed by atoms with Gasteiger partial charge in [0.25, 0.3) is 0 Å². The van der Waals surface area contributed by atoms with Crippen LogP contribution in [0.5, 0.6) is 0 Å². The Labute approximate surface area is 113 Å². The zero-order chi connectivity index (χ0) is 13.9. The molecule has 1 aliphatic carbocycles. The Morgan fingerprint density at radius 3 is 2.37 bits per heavy atom. The SMILES string of the molecule is CC1(C(=O)NO)CCN(C(=O)OC2CCCC2)CC1. The third kappa shape index (κ3) is 3.18. The summed E-state index contributed by atoms with van der Waals surface area (Å²) in [6.45, 7) is 2.79. The van der Waals surface area contributed by atoms with Gasteiger partial charge in [0.1, 0.15) is 6.10 Å². The first-order valence-electron chi connectivity index (χ1n) is 6.95. The Kier molecular flexibility index (Phi) is 4.29. The van der Waals surface area contributed by atoms with Crippen LogP contribution < -0.4 is 5.48 Å². The lowest BCUT2D eigenvalue weighted by molar-refractivity contribution is -0.141. The third-order valence-electron chi connectivity index (χ3n) is 4.34. The molecule has 1 aliphatic heterocycles. The highest BCUT2D eigenvalue weighted by molar-refractivity contribution is 5.81. The molecular formula is C13H22N2O4. The number of nitrogens with zero attached hydrogens (tertiary/aromatic N) is 1. The fourth-order valence-electron chi connectivity index (χ4n) is 2.77. The van der Waals surface area contributed by atoms with E-state index >= 15 is 0 Å². The second-order valence-corrected chi connectivity index (χ2v) is 5.78. The average molecular weight is 270 g/mol. The monoisotopic (exact) mass is 270 g/mol. The lowest BCUT2D eigenvalue weighted by atomic mass is 9.80. The second kappa shape index (κ2) is 5.77. The van der Waals surface area contributed by atoms with Crippen LogP contribution in [0.1, 0.15) is 45.4 Å². The van der Waals surface area contributed by atoms with Crippen molar-refractivity contribution in [2.24, 2.45) is 5.41 Å². The van der Waals surface area contributed by atoms with Crippen LogP contribution in [-0.2, 0) is 9.53 Å². The number of piperidine rings is 1. The van der Waals surface area contributed by atoms with Crippen LogP contribution >= 0.6 is 0 Å². The van der Waals surface area contributed by atoms with Crippen molar-refractivity contribution in [2.45, 2.75) is 51.6 Å². The van der Waals surface area contributed by atoms with Crippen LogP contribution in [0.25, 0.3) is 0 Å². The molecule has 0 aromatic heterocycles. The molecule has 2 N–H and O–H groups in total. The van der Waals surface area contributed by atoms with Crippen molar-refractivity contribution >= 4 is 12.0 Å². The van der Waals surface area contributed by atoms with E-state index < -0.39 is 5.41 Å². The molecule has 1 saturated carbocycles. The lowest BCUT2D eigenvalue weighted by Crippen LogP contribution is -2.48. The zero-order valence-corrected chi connectivity index (χ0v) is 11.4. The van der Waals surface area contributed by atoms with Gasteiger partial charge in [0.2, 0.25) is 5.91 Å². The van der Waals surface area contributed by atoms with Crippen molar-refractivity contribution in [2.75, 3.05) is 13.1 Å². The highest BCUT2D eigenvalue weighted by Crippen LogP contribution is 2.31. The summed E-state index contributed by atoms with van der Waals surface area (Å²) in [4.78, 5) is 25.2. The number of hydroxylamine groups is 1. The van der Waals surface area contributed by atoms with E-state index in [0.717, 1.165) is 25.7 Å². The van der Waals surface area contributed by atoms with Crippen LogP contribution in [0.3, 0.4) is 0 Å². The highest BCUT2D eigenvalue weighted by Gasteiger charge is 2.38. The minimum Gasteiger partial charge on any atom is -0.446 e. The van der Waals surface area contributed by atoms with Gasteiger partial charge in [-0.2, -0.15) is 0 Å². The molecule has 0 aromatic carbocycles. The minimum absolute atomic E-state index is 0.0709. The van der Waals surface area contributed by atoms with Crippen LogP contribution in [0.2, 0.25) is 0 Å². The summed E-state index contributed by atoms with van der Waals surface area (Å²) >= 11 is 0. The van der Waals surface area contributed by atoms with E-state index in [2.05, 4.69) is 0 Å². The molecule has 6 nitrogen and oxygen atoms in total. The molecule has 6 heteroatoms. The lowest BCUT2D eigenvalue weighted by Gasteiger charge is -2.37. The molecule has 0 bridgehead atoms. The third-order valence-corrected chi connectivity index (χ3v) is 4.34. The van der Waals surface area contributed by atoms with Gasteiger partial charge in [-0.15, -0.1) is 0 Å². The summed E-state index contributed by atoms with van der Waals surface area (Å²) in [5.74, 6) is -0.378. The maximum absolute atomic E-state index is 12.0. The zero-order valence-electron chi connectivity index (χ0n) is 11.4. The first-order chi connectivity index (χ1) is 9.05. The maximum Gasteiger partial charge on any atom is 0.410 e. The largest absolute Gasteiger partial charge is 0.446 e. The molecule has 0 atom stereocenters. The van der Waals surface area contributed by atoms with Crippen LogP contribution in [0, 0.1) is 5.41 Å². The minimum atomic E-state index is -0.598. The molecular weight excluding hydrogens is 248 g/mol. The summed E-state index contributed by atoms with van der Waals surface area (Å²) in [5.41, 5.74) is 1.11. The molecule has 2 amide bonds. The molecule has 1 saturated heterocycles. The van der Waals surface area contributed by atoms with Gasteiger partial charge in [-0.3, -0.25) is 10.0 Å². The molecule has 0 spiro atoms. The van der Waals surface area contributed by atoms with Gasteiger partial charge in [0, 0.05) is 13.1 Å². The highest BCUT2D eigenvalue weighted by atomic mass is 16.6. The van der Waals surface area contributed by atoms with E-state index in [0.29, 0.717) is 25.9 Å². The van der Waals surface area contributed by atoms with Crippen LogP contribution in [-0.4, -0.2) is 41.3 Å². The van der Waals surface area contributed by atoms with E-state index in [9.17, 15) is 9.59 Å². The first kappa shape index (κ1) is 14.1. The average Bonchev–Trinajstić information content (AvgIpc) is 2.91. The molecule has 2 fully saturated rings. The number of likely N-dealkylation sites (tertiary alicyclic amines) is 1. The molecule has 2 rings (SSSR count). The van der Waals surface area contributed by atoms with E-state index in [1.807, 2.05) is 0 Å². The standard InChI is InChI=1S/C13H22N2O4/c1-13(11(16)14-18)6-8-15(9-7-13)12(17)19-10-4-2-3-5-10/h10,18H,2-9H2,1H3,(H,14,16). The summed E-state index contributed by atoms with van der Waals surface area (Å²) < 4.78 is 5.44. The molecule has 19 heavy (non-hydrogen) atoms. The van der Waals surface area contributed by atoms with E-state index in [1.165, 1.54) is 0 Å². The number of ether oxygens (including phenoxy) is 1. The van der Waals surface area contributed by atoms with Gasteiger partial charge in [0.05, 0.1) is 5.41 Å². The van der Waals surface area contributed by atoms with Gasteiger partial charge in [-0.05, 0) is 38.5 Å². The molecule has 1 heterocycles. The molecule has 0 aromatic rings. The number of rotatable bonds is 2. The molecule has 0 radical (unpaired) electrons. The quantitative estimate of drug-likeness (QED) is 0.591. The normalized spacial score (nSPS) is 23.2. The van der Waals surface area contributed by atoms with Gasteiger partial charge in [-0.25, -0.2) is 10.3 Å². The number of carbonyl (C=O) groups excluding carboxylic acids is 2. The van der Waals surface area contributed by atoms with Crippen molar-refractivity contribution < 1.29 is 19.5 Å². The molecule has 108 valence electrons. The topological polar surface area (TPSA) is 78.9 Å². The second-order valence-electron chi connectivity index (χ2n) is 5.78. The van der Waals surface area contributed by atoms with E-state index in [1.54, 1.807) is 17.3 Å².